The summed E-state index contributed by atoms with van der Waals surface area (Å²) in [5, 5.41) is 12.0. The molecule has 0 fully saturated rings. The minimum Gasteiger partial charge on any atom is -0.464 e. The molecule has 43 heavy (non-hydrogen) atoms. The van der Waals surface area contributed by atoms with Crippen LogP contribution in [0.2, 0.25) is 18.1 Å². The van der Waals surface area contributed by atoms with E-state index in [2.05, 4.69) is 33.9 Å². The summed E-state index contributed by atoms with van der Waals surface area (Å²) in [6.07, 6.45) is 0.357. The molecule has 0 radical (unpaired) electrons. The van der Waals surface area contributed by atoms with E-state index in [1.54, 1.807) is 42.5 Å². The molecule has 0 saturated carbocycles. The van der Waals surface area contributed by atoms with Gasteiger partial charge in [0.25, 0.3) is 5.69 Å². The summed E-state index contributed by atoms with van der Waals surface area (Å²) < 4.78 is 18.6. The lowest BCUT2D eigenvalue weighted by Gasteiger charge is -2.36. The summed E-state index contributed by atoms with van der Waals surface area (Å²) in [4.78, 5) is 29.5. The average Bonchev–Trinajstić information content (AvgIpc) is 3.31. The van der Waals surface area contributed by atoms with Crippen LogP contribution in [0.25, 0.3) is 11.3 Å². The fourth-order valence-corrected chi connectivity index (χ4v) is 5.58. The summed E-state index contributed by atoms with van der Waals surface area (Å²) in [6, 6.07) is 23.0. The van der Waals surface area contributed by atoms with Crippen LogP contribution in [0, 0.1) is 10.1 Å². The molecule has 4 rings (SSSR count). The molecule has 1 aromatic heterocycles. The fraction of sp³-hybridized carbons (Fsp3) is 0.312. The topological polar surface area (TPSA) is 132 Å². The van der Waals surface area contributed by atoms with Crippen molar-refractivity contribution in [2.45, 2.75) is 51.2 Å². The van der Waals surface area contributed by atoms with Crippen molar-refractivity contribution < 1.29 is 23.6 Å². The van der Waals surface area contributed by atoms with Gasteiger partial charge in [0.15, 0.2) is 14.0 Å². The maximum atomic E-state index is 13.0. The molecule has 0 amide bonds. The minimum absolute atomic E-state index is 0.0187. The molecule has 226 valence electrons. The fourth-order valence-electron chi connectivity index (χ4n) is 4.51. The summed E-state index contributed by atoms with van der Waals surface area (Å²) in [5.41, 5.74) is 1.29. The molecule has 0 saturated heterocycles. The predicted molar refractivity (Wildman–Crippen MR) is 168 cm³/mol. The number of hydrogen-bond acceptors (Lipinski definition) is 8. The number of nitrogens with zero attached hydrogens (tertiary/aromatic N) is 3. The number of methoxy groups -OCH3 is 1. The van der Waals surface area contributed by atoms with Gasteiger partial charge in [0.05, 0.1) is 18.0 Å². The summed E-state index contributed by atoms with van der Waals surface area (Å²) in [5.74, 6) is 6.81. The first-order valence-corrected chi connectivity index (χ1v) is 16.9. The first-order valence-electron chi connectivity index (χ1n) is 14.0. The van der Waals surface area contributed by atoms with E-state index >= 15 is 0 Å². The molecule has 10 nitrogen and oxygen atoms in total. The molecule has 4 aromatic rings. The average molecular weight is 603 g/mol. The highest BCUT2D eigenvalue weighted by Gasteiger charge is 2.38. The third kappa shape index (κ3) is 6.95. The monoisotopic (exact) mass is 602 g/mol. The summed E-state index contributed by atoms with van der Waals surface area (Å²) >= 11 is 0. The first-order chi connectivity index (χ1) is 20.3. The van der Waals surface area contributed by atoms with E-state index in [0.717, 1.165) is 0 Å². The number of aromatic nitrogens is 2. The minimum atomic E-state index is -2.12. The van der Waals surface area contributed by atoms with Gasteiger partial charge in [-0.2, -0.15) is 0 Å². The molecule has 11 heteroatoms. The van der Waals surface area contributed by atoms with Crippen LogP contribution in [0.15, 0.2) is 78.9 Å². The molecule has 0 spiro atoms. The number of nitrogen functional groups attached to an aromatic ring is 1. The Balaban J connectivity index is 1.78. The maximum absolute atomic E-state index is 13.0. The number of imidazole rings is 1. The number of carbonyl (C=O) groups excluding carboxylic acids is 1. The Morgan fingerprint density at radius 3 is 2.21 bits per heavy atom. The number of ether oxygens (including phenoxy) is 2. The Morgan fingerprint density at radius 1 is 1.00 bits per heavy atom. The molecule has 2 N–H and O–H groups in total. The molecule has 0 bridgehead atoms. The van der Waals surface area contributed by atoms with Gasteiger partial charge in [-0.05, 0) is 61.0 Å². The van der Waals surface area contributed by atoms with Gasteiger partial charge in [-0.15, -0.1) is 0 Å². The molecule has 1 unspecified atom stereocenters. The zero-order valence-electron chi connectivity index (χ0n) is 25.4. The van der Waals surface area contributed by atoms with E-state index in [-0.39, 0.29) is 22.2 Å². The number of benzene rings is 3. The van der Waals surface area contributed by atoms with Crippen LogP contribution in [-0.4, -0.2) is 42.6 Å². The van der Waals surface area contributed by atoms with Gasteiger partial charge in [0.2, 0.25) is 0 Å². The van der Waals surface area contributed by atoms with Crippen molar-refractivity contribution >= 4 is 20.0 Å². The van der Waals surface area contributed by atoms with Crippen molar-refractivity contribution in [3.8, 4) is 22.8 Å². The highest BCUT2D eigenvalue weighted by atomic mass is 28.4. The maximum Gasteiger partial charge on any atom is 0.358 e. The van der Waals surface area contributed by atoms with Crippen LogP contribution in [0.1, 0.15) is 55.0 Å². The molecule has 0 aliphatic heterocycles. The number of nitro groups is 1. The van der Waals surface area contributed by atoms with E-state index in [1.165, 1.54) is 17.9 Å². The Bertz CT molecular complexity index is 1580. The lowest BCUT2D eigenvalue weighted by Crippen LogP contribution is -2.41. The quantitative estimate of drug-likeness (QED) is 0.0622. The Labute approximate surface area is 252 Å². The number of esters is 1. The highest BCUT2D eigenvalue weighted by molar-refractivity contribution is 6.74. The molecule has 1 heterocycles. The summed E-state index contributed by atoms with van der Waals surface area (Å²) in [7, 11) is -0.851. The standard InChI is InChI=1S/C32H38N4O6Si/c1-32(2,3)43(5,6)41-21-20-26(25-14-10-11-15-27(25)36(38)39)30-34-28(29(35(30)33)31(37)40-4)22-16-18-24(19-17-22)42-23-12-8-7-9-13-23/h7-19,26H,20-21,33H2,1-6H3. The van der Waals surface area contributed by atoms with Crippen molar-refractivity contribution in [2.24, 2.45) is 0 Å². The van der Waals surface area contributed by atoms with E-state index in [4.69, 9.17) is 24.7 Å². The zero-order chi connectivity index (χ0) is 31.4. The molecular formula is C32H38N4O6Si. The Kier molecular flexibility index (Phi) is 9.36. The van der Waals surface area contributed by atoms with Crippen LogP contribution >= 0.6 is 0 Å². The van der Waals surface area contributed by atoms with Crippen molar-refractivity contribution in [2.75, 3.05) is 19.6 Å². The van der Waals surface area contributed by atoms with Crippen molar-refractivity contribution in [1.82, 2.24) is 9.66 Å². The van der Waals surface area contributed by atoms with Gasteiger partial charge in [-0.1, -0.05) is 57.2 Å². The molecule has 0 aliphatic carbocycles. The molecular weight excluding hydrogens is 564 g/mol. The highest BCUT2D eigenvalue weighted by Crippen LogP contribution is 2.39. The van der Waals surface area contributed by atoms with E-state index in [0.29, 0.717) is 41.3 Å². The van der Waals surface area contributed by atoms with E-state index < -0.39 is 25.1 Å². The van der Waals surface area contributed by atoms with E-state index in [9.17, 15) is 14.9 Å². The van der Waals surface area contributed by atoms with Crippen LogP contribution < -0.4 is 10.6 Å². The number of carbonyl (C=O) groups is 1. The van der Waals surface area contributed by atoms with Crippen LogP contribution in [0.3, 0.4) is 0 Å². The van der Waals surface area contributed by atoms with Gasteiger partial charge in [-0.3, -0.25) is 10.1 Å². The van der Waals surface area contributed by atoms with Crippen molar-refractivity contribution in [1.29, 1.82) is 0 Å². The smallest absolute Gasteiger partial charge is 0.358 e. The number of para-hydroxylation sites is 2. The largest absolute Gasteiger partial charge is 0.464 e. The Hall–Kier alpha value is -4.48. The second-order valence-electron chi connectivity index (χ2n) is 11.7. The van der Waals surface area contributed by atoms with Gasteiger partial charge in [0.1, 0.15) is 23.0 Å². The third-order valence-electron chi connectivity index (χ3n) is 7.92. The molecule has 0 aliphatic rings. The van der Waals surface area contributed by atoms with Crippen molar-refractivity contribution in [3.05, 3.63) is 106 Å². The van der Waals surface area contributed by atoms with Crippen LogP contribution in [0.5, 0.6) is 11.5 Å². The number of rotatable bonds is 11. The van der Waals surface area contributed by atoms with Gasteiger partial charge in [0, 0.05) is 23.8 Å². The first kappa shape index (κ1) is 31.5. The third-order valence-corrected chi connectivity index (χ3v) is 12.5. The van der Waals surface area contributed by atoms with Gasteiger partial charge in [-0.25, -0.2) is 14.5 Å². The number of nitro benzene ring substituents is 1. The lowest BCUT2D eigenvalue weighted by molar-refractivity contribution is -0.385. The predicted octanol–water partition coefficient (Wildman–Crippen LogP) is 7.29. The van der Waals surface area contributed by atoms with Crippen molar-refractivity contribution in [3.63, 3.8) is 0 Å². The van der Waals surface area contributed by atoms with Gasteiger partial charge < -0.3 is 19.7 Å². The lowest BCUT2D eigenvalue weighted by atomic mass is 9.93. The van der Waals surface area contributed by atoms with E-state index in [1.807, 2.05) is 30.3 Å². The van der Waals surface area contributed by atoms with Gasteiger partial charge >= 0.3 is 5.97 Å². The molecule has 3 aromatic carbocycles. The summed E-state index contributed by atoms with van der Waals surface area (Å²) in [6.45, 7) is 11.1. The normalized spacial score (nSPS) is 12.5. The SMILES string of the molecule is COC(=O)c1c(-c2ccc(Oc3ccccc3)cc2)nc(C(CCO[Si](C)(C)C(C)(C)C)c2ccccc2[N+](=O)[O-])n1N. The van der Waals surface area contributed by atoms with Crippen LogP contribution in [0.4, 0.5) is 5.69 Å². The Morgan fingerprint density at radius 2 is 1.60 bits per heavy atom. The second kappa shape index (κ2) is 12.8. The second-order valence-corrected chi connectivity index (χ2v) is 16.5. The zero-order valence-corrected chi connectivity index (χ0v) is 26.4. The number of nitrogens with two attached hydrogens (primary N) is 1. The number of hydrogen-bond donors (Lipinski definition) is 1. The molecule has 1 atom stereocenters. The van der Waals surface area contributed by atoms with Crippen LogP contribution in [-0.2, 0) is 9.16 Å².